The van der Waals surface area contributed by atoms with Crippen molar-refractivity contribution in [2.45, 2.75) is 38.1 Å². The number of aliphatic carboxylic acids is 4. The van der Waals surface area contributed by atoms with Gasteiger partial charge in [0.15, 0.2) is 0 Å². The van der Waals surface area contributed by atoms with Crippen LogP contribution in [0.2, 0.25) is 0 Å². The molecule has 32 heavy (non-hydrogen) atoms. The Balaban J connectivity index is 3.04. The van der Waals surface area contributed by atoms with Crippen LogP contribution in [-0.4, -0.2) is 122 Å². The number of rotatable bonds is 15. The summed E-state index contributed by atoms with van der Waals surface area (Å²) in [6, 6.07) is -0.661. The third-order valence-electron chi connectivity index (χ3n) is 5.42. The van der Waals surface area contributed by atoms with E-state index in [2.05, 4.69) is 0 Å². The van der Waals surface area contributed by atoms with E-state index in [0.29, 0.717) is 12.8 Å². The minimum absolute atomic E-state index is 0.0987. The second-order valence-electron chi connectivity index (χ2n) is 7.88. The maximum Gasteiger partial charge on any atom is 0.407 e. The van der Waals surface area contributed by atoms with Crippen molar-refractivity contribution in [1.29, 1.82) is 0 Å². The minimum atomic E-state index is -1.35. The summed E-state index contributed by atoms with van der Waals surface area (Å²) in [6.45, 7) is -2.86. The molecule has 182 valence electrons. The van der Waals surface area contributed by atoms with Gasteiger partial charge in [-0.05, 0) is 18.8 Å². The number of hydrogen-bond acceptors (Lipinski definition) is 7. The van der Waals surface area contributed by atoms with Gasteiger partial charge in [0.25, 0.3) is 0 Å². The molecule has 1 aliphatic carbocycles. The van der Waals surface area contributed by atoms with Crippen LogP contribution in [0.3, 0.4) is 0 Å². The fourth-order valence-corrected chi connectivity index (χ4v) is 4.07. The fraction of sp³-hybridized carbons (Fsp3) is 0.737. The molecule has 0 aromatic rings. The largest absolute Gasteiger partial charge is 0.480 e. The fourth-order valence-electron chi connectivity index (χ4n) is 4.07. The van der Waals surface area contributed by atoms with Gasteiger partial charge in [0.2, 0.25) is 0 Å². The van der Waals surface area contributed by atoms with Crippen molar-refractivity contribution in [3.05, 3.63) is 0 Å². The lowest BCUT2D eigenvalue weighted by atomic mass is 9.82. The van der Waals surface area contributed by atoms with Crippen LogP contribution in [0.4, 0.5) is 4.79 Å². The van der Waals surface area contributed by atoms with E-state index >= 15 is 0 Å². The molecule has 0 heterocycles. The van der Waals surface area contributed by atoms with Gasteiger partial charge in [0, 0.05) is 25.7 Å². The Kier molecular flexibility index (Phi) is 11.4. The van der Waals surface area contributed by atoms with Gasteiger partial charge in [0.05, 0.1) is 26.2 Å². The van der Waals surface area contributed by atoms with Gasteiger partial charge in [-0.2, -0.15) is 0 Å². The second-order valence-corrected chi connectivity index (χ2v) is 7.88. The summed E-state index contributed by atoms with van der Waals surface area (Å²) >= 11 is 0. The summed E-state index contributed by atoms with van der Waals surface area (Å²) in [7, 11) is 0. The number of amides is 1. The zero-order chi connectivity index (χ0) is 24.3. The lowest BCUT2D eigenvalue weighted by Crippen LogP contribution is -2.54. The molecule has 1 amide bonds. The van der Waals surface area contributed by atoms with Crippen LogP contribution in [-0.2, 0) is 19.2 Å². The molecule has 1 rings (SSSR count). The van der Waals surface area contributed by atoms with Crippen LogP contribution in [0.15, 0.2) is 0 Å². The van der Waals surface area contributed by atoms with Crippen LogP contribution in [0.1, 0.15) is 32.1 Å². The van der Waals surface area contributed by atoms with Crippen molar-refractivity contribution in [3.63, 3.8) is 0 Å². The molecule has 0 aromatic carbocycles. The van der Waals surface area contributed by atoms with E-state index in [-0.39, 0.29) is 25.6 Å². The number of hydrogen-bond donors (Lipinski definition) is 5. The van der Waals surface area contributed by atoms with Gasteiger partial charge in [-0.15, -0.1) is 0 Å². The van der Waals surface area contributed by atoms with Gasteiger partial charge < -0.3 is 30.4 Å². The molecule has 1 atom stereocenters. The van der Waals surface area contributed by atoms with E-state index in [1.54, 1.807) is 0 Å². The van der Waals surface area contributed by atoms with Gasteiger partial charge in [-0.3, -0.25) is 29.0 Å². The van der Waals surface area contributed by atoms with E-state index in [0.717, 1.165) is 29.1 Å². The SMILES string of the molecule is O=C(O)CN(CCN(CC(C1CCCCC1)N(CC(=O)O)CC(=O)O)C(=O)O)CC(=O)O. The normalized spacial score (nSPS) is 15.4. The van der Waals surface area contributed by atoms with Crippen LogP contribution in [0.5, 0.6) is 0 Å². The molecule has 1 unspecified atom stereocenters. The zero-order valence-electron chi connectivity index (χ0n) is 17.8. The first kappa shape index (κ1) is 27.1. The summed E-state index contributed by atoms with van der Waals surface area (Å²) in [4.78, 5) is 59.8. The van der Waals surface area contributed by atoms with Gasteiger partial charge >= 0.3 is 30.0 Å². The third kappa shape index (κ3) is 10.4. The highest BCUT2D eigenvalue weighted by Crippen LogP contribution is 2.29. The Bertz CT molecular complexity index is 648. The smallest absolute Gasteiger partial charge is 0.407 e. The van der Waals surface area contributed by atoms with Crippen molar-refractivity contribution in [3.8, 4) is 0 Å². The molecular formula is C19H31N3O10. The average Bonchev–Trinajstić information content (AvgIpc) is 2.66. The first-order valence-electron chi connectivity index (χ1n) is 10.3. The monoisotopic (exact) mass is 461 g/mol. The molecule has 0 saturated heterocycles. The first-order valence-corrected chi connectivity index (χ1v) is 10.3. The number of carboxylic acid groups (broad SMARTS) is 5. The van der Waals surface area contributed by atoms with Crippen molar-refractivity contribution in [1.82, 2.24) is 14.7 Å². The summed E-state index contributed by atoms with van der Waals surface area (Å²) in [5.74, 6) is -5.09. The van der Waals surface area contributed by atoms with E-state index in [9.17, 15) is 39.3 Å². The summed E-state index contributed by atoms with van der Waals surface area (Å²) < 4.78 is 0. The summed E-state index contributed by atoms with van der Waals surface area (Å²) in [5, 5.41) is 46.1. The molecule has 0 aromatic heterocycles. The van der Waals surface area contributed by atoms with Crippen molar-refractivity contribution >= 4 is 30.0 Å². The van der Waals surface area contributed by atoms with Crippen molar-refractivity contribution in [2.24, 2.45) is 5.92 Å². The highest BCUT2D eigenvalue weighted by Gasteiger charge is 2.34. The standard InChI is InChI=1S/C19H31N3O10/c23-15(24)9-20(10-16(25)26)6-7-21(19(31)32)8-14(13-4-2-1-3-5-13)22(11-17(27)28)12-18(29)30/h13-14H,1-12H2,(H,23,24)(H,25,26)(H,27,28)(H,29,30)(H,31,32). The lowest BCUT2D eigenvalue weighted by Gasteiger charge is -2.39. The minimum Gasteiger partial charge on any atom is -0.480 e. The second kappa shape index (κ2) is 13.5. The van der Waals surface area contributed by atoms with E-state index < -0.39 is 62.2 Å². The van der Waals surface area contributed by atoms with Crippen LogP contribution < -0.4 is 0 Å². The van der Waals surface area contributed by atoms with Gasteiger partial charge in [-0.1, -0.05) is 19.3 Å². The van der Waals surface area contributed by atoms with Crippen molar-refractivity contribution < 1.29 is 49.5 Å². The molecule has 0 aliphatic heterocycles. The third-order valence-corrected chi connectivity index (χ3v) is 5.42. The van der Waals surface area contributed by atoms with Crippen LogP contribution in [0, 0.1) is 5.92 Å². The Morgan fingerprint density at radius 3 is 1.56 bits per heavy atom. The molecule has 1 fully saturated rings. The Morgan fingerprint density at radius 1 is 0.688 bits per heavy atom. The maximum absolute atomic E-state index is 11.9. The predicted molar refractivity (Wildman–Crippen MR) is 109 cm³/mol. The summed E-state index contributed by atoms with van der Waals surface area (Å²) in [6.07, 6.45) is 2.79. The van der Waals surface area contributed by atoms with Crippen LogP contribution in [0.25, 0.3) is 0 Å². The van der Waals surface area contributed by atoms with Crippen molar-refractivity contribution in [2.75, 3.05) is 45.8 Å². The average molecular weight is 461 g/mol. The molecule has 1 saturated carbocycles. The molecule has 0 radical (unpaired) electrons. The Morgan fingerprint density at radius 2 is 1.16 bits per heavy atom. The number of carbonyl (C=O) groups is 5. The predicted octanol–water partition coefficient (Wildman–Crippen LogP) is -0.142. The number of nitrogens with zero attached hydrogens (tertiary/aromatic N) is 3. The molecule has 0 bridgehead atoms. The Hall–Kier alpha value is -2.93. The molecule has 5 N–H and O–H groups in total. The van der Waals surface area contributed by atoms with Gasteiger partial charge in [0.1, 0.15) is 0 Å². The highest BCUT2D eigenvalue weighted by atomic mass is 16.4. The van der Waals surface area contributed by atoms with Crippen LogP contribution >= 0.6 is 0 Å². The number of carboxylic acids is 4. The zero-order valence-corrected chi connectivity index (χ0v) is 17.8. The molecule has 0 spiro atoms. The maximum atomic E-state index is 11.9. The Labute approximate surface area is 184 Å². The molecule has 13 heteroatoms. The molecule has 1 aliphatic rings. The van der Waals surface area contributed by atoms with E-state index in [1.165, 1.54) is 4.90 Å². The molecule has 13 nitrogen and oxygen atoms in total. The van der Waals surface area contributed by atoms with Gasteiger partial charge in [-0.25, -0.2) is 4.79 Å². The van der Waals surface area contributed by atoms with E-state index in [4.69, 9.17) is 10.2 Å². The molecular weight excluding hydrogens is 430 g/mol. The highest BCUT2D eigenvalue weighted by molar-refractivity contribution is 5.73. The topological polar surface area (TPSA) is 196 Å². The van der Waals surface area contributed by atoms with E-state index in [1.807, 2.05) is 0 Å². The quantitative estimate of drug-likeness (QED) is 0.217. The first-order chi connectivity index (χ1) is 15.0. The lowest BCUT2D eigenvalue weighted by molar-refractivity contribution is -0.144. The summed E-state index contributed by atoms with van der Waals surface area (Å²) in [5.41, 5.74) is 0.